The van der Waals surface area contributed by atoms with Gasteiger partial charge < -0.3 is 10.4 Å². The summed E-state index contributed by atoms with van der Waals surface area (Å²) in [6, 6.07) is 5.91. The molecule has 2 rings (SSSR count). The maximum atomic E-state index is 12.5. The van der Waals surface area contributed by atoms with E-state index in [4.69, 9.17) is 10.3 Å². The Balaban J connectivity index is 2.05. The average molecular weight is 376 g/mol. The zero-order chi connectivity index (χ0) is 19.3. The third kappa shape index (κ3) is 5.01. The number of benzene rings is 1. The van der Waals surface area contributed by atoms with Gasteiger partial charge in [0.15, 0.2) is 0 Å². The second kappa shape index (κ2) is 8.58. The fourth-order valence-corrected chi connectivity index (χ4v) is 2.86. The molecule has 1 aliphatic rings. The Morgan fingerprint density at radius 2 is 2.00 bits per heavy atom. The maximum absolute atomic E-state index is 12.5. The summed E-state index contributed by atoms with van der Waals surface area (Å²) in [6.07, 6.45) is 2.77. The van der Waals surface area contributed by atoms with E-state index in [1.54, 1.807) is 29.7 Å². The molecule has 3 atom stereocenters. The van der Waals surface area contributed by atoms with Crippen LogP contribution < -0.4 is 10.8 Å². The van der Waals surface area contributed by atoms with Gasteiger partial charge in [0.2, 0.25) is 0 Å². The SMILES string of the molecule is CSC(C)(C)[C@H](NC(=O)c1ccc(C#CC2C[C@@H]2CO)cc1)C(=O)NO. The molecule has 0 heterocycles. The topological polar surface area (TPSA) is 98.7 Å². The largest absolute Gasteiger partial charge is 0.396 e. The summed E-state index contributed by atoms with van der Waals surface area (Å²) in [5, 5.41) is 20.6. The quantitative estimate of drug-likeness (QED) is 0.342. The minimum absolute atomic E-state index is 0.174. The lowest BCUT2D eigenvalue weighted by Gasteiger charge is -2.31. The van der Waals surface area contributed by atoms with E-state index in [9.17, 15) is 9.59 Å². The van der Waals surface area contributed by atoms with E-state index in [0.29, 0.717) is 11.5 Å². The van der Waals surface area contributed by atoms with Gasteiger partial charge in [-0.15, -0.1) is 0 Å². The predicted octanol–water partition coefficient (Wildman–Crippen LogP) is 1.41. The second-order valence-corrected chi connectivity index (χ2v) is 8.28. The number of aliphatic hydroxyl groups excluding tert-OH is 1. The maximum Gasteiger partial charge on any atom is 0.267 e. The van der Waals surface area contributed by atoms with Crippen LogP contribution in [0.3, 0.4) is 0 Å². The Kier molecular flexibility index (Phi) is 6.70. The molecule has 1 saturated carbocycles. The summed E-state index contributed by atoms with van der Waals surface area (Å²) in [4.78, 5) is 24.4. The number of hydrogen-bond donors (Lipinski definition) is 4. The molecule has 1 fully saturated rings. The molecule has 2 amide bonds. The number of thioether (sulfide) groups is 1. The van der Waals surface area contributed by atoms with Gasteiger partial charge in [-0.25, -0.2) is 5.48 Å². The van der Waals surface area contributed by atoms with Crippen molar-refractivity contribution in [3.8, 4) is 11.8 Å². The summed E-state index contributed by atoms with van der Waals surface area (Å²) in [5.74, 6) is 5.64. The second-order valence-electron chi connectivity index (χ2n) is 6.82. The molecule has 4 N–H and O–H groups in total. The number of amides is 2. The highest BCUT2D eigenvalue weighted by molar-refractivity contribution is 8.00. The number of nitrogens with one attached hydrogen (secondary N) is 2. The molecule has 1 unspecified atom stereocenters. The molecule has 0 radical (unpaired) electrons. The van der Waals surface area contributed by atoms with Gasteiger partial charge in [-0.05, 0) is 56.7 Å². The third-order valence-corrected chi connectivity index (χ3v) is 5.86. The lowest BCUT2D eigenvalue weighted by atomic mass is 10.0. The fourth-order valence-electron chi connectivity index (χ4n) is 2.46. The molecule has 26 heavy (non-hydrogen) atoms. The summed E-state index contributed by atoms with van der Waals surface area (Å²) in [7, 11) is 0. The van der Waals surface area contributed by atoms with Crippen molar-refractivity contribution in [2.45, 2.75) is 31.1 Å². The van der Waals surface area contributed by atoms with Gasteiger partial charge in [-0.1, -0.05) is 11.8 Å². The Bertz CT molecular complexity index is 721. The molecule has 1 aromatic rings. The summed E-state index contributed by atoms with van der Waals surface area (Å²) >= 11 is 1.41. The van der Waals surface area contributed by atoms with Gasteiger partial charge in [0, 0.05) is 28.4 Å². The number of carbonyl (C=O) groups excluding carboxylic acids is 2. The van der Waals surface area contributed by atoms with Crippen molar-refractivity contribution in [3.05, 3.63) is 35.4 Å². The van der Waals surface area contributed by atoms with E-state index in [1.165, 1.54) is 11.8 Å². The number of hydroxylamine groups is 1. The average Bonchev–Trinajstić information content (AvgIpc) is 3.42. The van der Waals surface area contributed by atoms with Gasteiger partial charge in [0.25, 0.3) is 11.8 Å². The van der Waals surface area contributed by atoms with Crippen molar-refractivity contribution < 1.29 is 19.9 Å². The van der Waals surface area contributed by atoms with Crippen LogP contribution in [0.1, 0.15) is 36.2 Å². The monoisotopic (exact) mass is 376 g/mol. The number of aliphatic hydroxyl groups is 1. The molecule has 0 spiro atoms. The number of hydrogen-bond acceptors (Lipinski definition) is 5. The van der Waals surface area contributed by atoms with E-state index >= 15 is 0 Å². The van der Waals surface area contributed by atoms with Crippen molar-refractivity contribution in [1.29, 1.82) is 0 Å². The Morgan fingerprint density at radius 3 is 2.50 bits per heavy atom. The van der Waals surface area contributed by atoms with Gasteiger partial charge in [0.1, 0.15) is 6.04 Å². The van der Waals surface area contributed by atoms with Crippen LogP contribution in [0.2, 0.25) is 0 Å². The molecule has 1 aromatic carbocycles. The number of rotatable bonds is 6. The highest BCUT2D eigenvalue weighted by Gasteiger charge is 2.36. The van der Waals surface area contributed by atoms with Crippen molar-refractivity contribution in [1.82, 2.24) is 10.8 Å². The smallest absolute Gasteiger partial charge is 0.267 e. The first-order chi connectivity index (χ1) is 12.3. The van der Waals surface area contributed by atoms with E-state index in [-0.39, 0.29) is 12.5 Å². The minimum atomic E-state index is -0.889. The van der Waals surface area contributed by atoms with Crippen LogP contribution in [0.25, 0.3) is 0 Å². The standard InChI is InChI=1S/C19H24N2O4S/c1-19(2,26-3)16(18(24)21-25)20-17(23)13-7-4-12(5-8-13)6-9-14-10-15(14)11-22/h4-5,7-8,14-16,22,25H,10-11H2,1-3H3,(H,20,23)(H,21,24)/t14?,15-,16-/m1/s1. The first-order valence-corrected chi connectivity index (χ1v) is 9.57. The zero-order valence-electron chi connectivity index (χ0n) is 15.1. The first kappa shape index (κ1) is 20.3. The lowest BCUT2D eigenvalue weighted by molar-refractivity contribution is -0.131. The van der Waals surface area contributed by atoms with Crippen LogP contribution in [0.15, 0.2) is 24.3 Å². The van der Waals surface area contributed by atoms with Crippen LogP contribution in [0.4, 0.5) is 0 Å². The van der Waals surface area contributed by atoms with Crippen LogP contribution in [0.5, 0.6) is 0 Å². The zero-order valence-corrected chi connectivity index (χ0v) is 15.9. The highest BCUT2D eigenvalue weighted by Crippen LogP contribution is 2.37. The molecule has 6 nitrogen and oxygen atoms in total. The van der Waals surface area contributed by atoms with Gasteiger partial charge in [0.05, 0.1) is 0 Å². The summed E-state index contributed by atoms with van der Waals surface area (Å²) < 4.78 is -0.596. The molecule has 0 bridgehead atoms. The van der Waals surface area contributed by atoms with Crippen LogP contribution in [-0.2, 0) is 4.79 Å². The van der Waals surface area contributed by atoms with Crippen molar-refractivity contribution in [3.63, 3.8) is 0 Å². The van der Waals surface area contributed by atoms with E-state index < -0.39 is 22.6 Å². The lowest BCUT2D eigenvalue weighted by Crippen LogP contribution is -2.55. The van der Waals surface area contributed by atoms with E-state index in [2.05, 4.69) is 17.2 Å². The number of carbonyl (C=O) groups is 2. The molecular weight excluding hydrogens is 352 g/mol. The van der Waals surface area contributed by atoms with E-state index in [0.717, 1.165) is 12.0 Å². The van der Waals surface area contributed by atoms with Crippen molar-refractivity contribution in [2.75, 3.05) is 12.9 Å². The van der Waals surface area contributed by atoms with Gasteiger partial charge in [-0.3, -0.25) is 14.8 Å². The molecule has 0 aromatic heterocycles. The molecular formula is C19H24N2O4S. The molecule has 1 aliphatic carbocycles. The molecule has 0 saturated heterocycles. The Morgan fingerprint density at radius 1 is 1.35 bits per heavy atom. The highest BCUT2D eigenvalue weighted by atomic mass is 32.2. The Hall–Kier alpha value is -2.01. The summed E-state index contributed by atoms with van der Waals surface area (Å²) in [5.41, 5.74) is 2.81. The van der Waals surface area contributed by atoms with Gasteiger partial charge in [-0.2, -0.15) is 11.8 Å². The van der Waals surface area contributed by atoms with Crippen LogP contribution >= 0.6 is 11.8 Å². The fraction of sp³-hybridized carbons (Fsp3) is 0.474. The van der Waals surface area contributed by atoms with Crippen LogP contribution in [-0.4, -0.2) is 45.8 Å². The molecule has 0 aliphatic heterocycles. The van der Waals surface area contributed by atoms with Gasteiger partial charge >= 0.3 is 0 Å². The predicted molar refractivity (Wildman–Crippen MR) is 101 cm³/mol. The molecule has 140 valence electrons. The van der Waals surface area contributed by atoms with E-state index in [1.807, 2.05) is 20.1 Å². The first-order valence-electron chi connectivity index (χ1n) is 8.34. The normalized spacial score (nSPS) is 19.7. The van der Waals surface area contributed by atoms with Crippen LogP contribution in [0, 0.1) is 23.7 Å². The van der Waals surface area contributed by atoms with Crippen molar-refractivity contribution >= 4 is 23.6 Å². The van der Waals surface area contributed by atoms with Crippen molar-refractivity contribution in [2.24, 2.45) is 11.8 Å². The third-order valence-electron chi connectivity index (χ3n) is 4.58. The molecule has 7 heteroatoms. The Labute approximate surface area is 157 Å². The minimum Gasteiger partial charge on any atom is -0.396 e. The summed E-state index contributed by atoms with van der Waals surface area (Å²) in [6.45, 7) is 3.80.